The predicted molar refractivity (Wildman–Crippen MR) is 61.4 cm³/mol. The van der Waals surface area contributed by atoms with Gasteiger partial charge in [0.05, 0.1) is 9.79 Å². The zero-order valence-corrected chi connectivity index (χ0v) is 12.1. The number of primary amides is 1. The lowest BCUT2D eigenvalue weighted by Crippen LogP contribution is -2.27. The second-order valence-electron chi connectivity index (χ2n) is 3.96. The molecule has 0 radical (unpaired) electrons. The quantitative estimate of drug-likeness (QED) is 0.790. The average molecular weight is 385 g/mol. The average Bonchev–Trinajstić information content (AvgIpc) is 2.35. The Hall–Kier alpha value is -1.83. The minimum Gasteiger partial charge on any atom is -0.366 e. The van der Waals surface area contributed by atoms with E-state index in [0.717, 1.165) is 0 Å². The largest absolute Gasteiger partial charge is 0.501 e. The fourth-order valence-electron chi connectivity index (χ4n) is 1.29. The number of hydrogen-bond donors (Lipinski definition) is 1. The number of carbonyl (C=O) groups excluding carboxylic acids is 1. The van der Waals surface area contributed by atoms with Crippen LogP contribution >= 0.6 is 0 Å². The molecule has 2 N–H and O–H groups in total. The Bertz CT molecular complexity index is 791. The van der Waals surface area contributed by atoms with Crippen LogP contribution < -0.4 is 5.73 Å². The summed E-state index contributed by atoms with van der Waals surface area (Å²) in [6.07, 6.45) is 0. The van der Waals surface area contributed by atoms with Crippen LogP contribution in [0.25, 0.3) is 0 Å². The molecule has 1 amide bonds. The molecule has 0 aliphatic heterocycles. The fourth-order valence-corrected chi connectivity index (χ4v) is 3.03. The van der Waals surface area contributed by atoms with Gasteiger partial charge in [-0.05, 0) is 18.2 Å². The summed E-state index contributed by atoms with van der Waals surface area (Å²) in [5.74, 6) is -1.62. The zero-order valence-electron chi connectivity index (χ0n) is 10.4. The van der Waals surface area contributed by atoms with Gasteiger partial charge in [0.15, 0.2) is 0 Å². The maximum atomic E-state index is 12.4. The van der Waals surface area contributed by atoms with Crippen molar-refractivity contribution in [2.75, 3.05) is 0 Å². The number of alkyl halides is 6. The summed E-state index contributed by atoms with van der Waals surface area (Å²) in [6.45, 7) is 0. The minimum atomic E-state index is -6.20. The highest BCUT2D eigenvalue weighted by Crippen LogP contribution is 2.35. The SMILES string of the molecule is NC(=O)c1cc(S(=O)(=O)C(F)(F)F)cc(S(=O)(=O)C(F)(F)F)c1. The highest BCUT2D eigenvalue weighted by Gasteiger charge is 2.50. The third kappa shape index (κ3) is 3.41. The third-order valence-electron chi connectivity index (χ3n) is 2.39. The Labute approximate surface area is 124 Å². The summed E-state index contributed by atoms with van der Waals surface area (Å²) in [6, 6.07) is -0.292. The van der Waals surface area contributed by atoms with Crippen molar-refractivity contribution < 1.29 is 48.0 Å². The lowest BCUT2D eigenvalue weighted by molar-refractivity contribution is -0.0438. The summed E-state index contributed by atoms with van der Waals surface area (Å²) in [5.41, 5.74) is -8.35. The van der Waals surface area contributed by atoms with Gasteiger partial charge in [-0.2, -0.15) is 26.3 Å². The number of rotatable bonds is 3. The first-order chi connectivity index (χ1) is 10.0. The van der Waals surface area contributed by atoms with E-state index in [2.05, 4.69) is 5.73 Å². The van der Waals surface area contributed by atoms with Crippen LogP contribution in [0.5, 0.6) is 0 Å². The molecule has 0 spiro atoms. The van der Waals surface area contributed by atoms with Gasteiger partial charge in [-0.25, -0.2) is 16.8 Å². The second kappa shape index (κ2) is 5.36. The van der Waals surface area contributed by atoms with Crippen LogP contribution in [0.15, 0.2) is 28.0 Å². The number of amides is 1. The van der Waals surface area contributed by atoms with Gasteiger partial charge in [0.2, 0.25) is 5.91 Å². The molecule has 0 bridgehead atoms. The van der Waals surface area contributed by atoms with Crippen molar-refractivity contribution in [3.8, 4) is 0 Å². The van der Waals surface area contributed by atoms with Crippen molar-refractivity contribution >= 4 is 25.6 Å². The molecule has 0 heterocycles. The van der Waals surface area contributed by atoms with Gasteiger partial charge in [0.1, 0.15) is 0 Å². The summed E-state index contributed by atoms with van der Waals surface area (Å²) in [7, 11) is -12.4. The molecular weight excluding hydrogens is 380 g/mol. The number of carbonyl (C=O) groups is 1. The van der Waals surface area contributed by atoms with E-state index in [-0.39, 0.29) is 18.2 Å². The van der Waals surface area contributed by atoms with E-state index < -0.39 is 52.0 Å². The lowest BCUT2D eigenvalue weighted by atomic mass is 10.2. The number of hydrogen-bond acceptors (Lipinski definition) is 5. The van der Waals surface area contributed by atoms with Gasteiger partial charge < -0.3 is 5.73 Å². The standard InChI is InChI=1S/C9H5F6NO5S2/c10-8(11,12)22(18,19)5-1-4(7(16)17)2-6(3-5)23(20,21)9(13,14)15/h1-3H,(H2,16,17). The topological polar surface area (TPSA) is 111 Å². The lowest BCUT2D eigenvalue weighted by Gasteiger charge is -2.13. The summed E-state index contributed by atoms with van der Waals surface area (Å²) in [4.78, 5) is 7.21. The maximum absolute atomic E-state index is 12.4. The summed E-state index contributed by atoms with van der Waals surface area (Å²) in [5, 5.41) is 0. The van der Waals surface area contributed by atoms with Crippen LogP contribution in [0.3, 0.4) is 0 Å². The fraction of sp³-hybridized carbons (Fsp3) is 0.222. The number of halogens is 6. The highest BCUT2D eigenvalue weighted by atomic mass is 32.2. The van der Waals surface area contributed by atoms with Crippen LogP contribution in [0.2, 0.25) is 0 Å². The van der Waals surface area contributed by atoms with Crippen LogP contribution in [-0.2, 0) is 19.7 Å². The molecule has 1 aromatic rings. The molecule has 130 valence electrons. The molecule has 0 atom stereocenters. The molecule has 14 heteroatoms. The molecule has 1 aromatic carbocycles. The van der Waals surface area contributed by atoms with Crippen molar-refractivity contribution in [2.45, 2.75) is 20.8 Å². The van der Waals surface area contributed by atoms with E-state index in [9.17, 15) is 48.0 Å². The van der Waals surface area contributed by atoms with E-state index in [1.807, 2.05) is 0 Å². The van der Waals surface area contributed by atoms with Gasteiger partial charge >= 0.3 is 11.0 Å². The summed E-state index contributed by atoms with van der Waals surface area (Å²) >= 11 is 0. The van der Waals surface area contributed by atoms with Gasteiger partial charge in [-0.3, -0.25) is 4.79 Å². The first kappa shape index (κ1) is 19.2. The number of nitrogens with two attached hydrogens (primary N) is 1. The van der Waals surface area contributed by atoms with E-state index in [4.69, 9.17) is 0 Å². The highest BCUT2D eigenvalue weighted by molar-refractivity contribution is 7.93. The minimum absolute atomic E-state index is 0.0283. The Morgan fingerprint density at radius 3 is 1.30 bits per heavy atom. The van der Waals surface area contributed by atoms with Crippen molar-refractivity contribution in [1.82, 2.24) is 0 Å². The van der Waals surface area contributed by atoms with Gasteiger partial charge in [-0.1, -0.05) is 0 Å². The molecule has 0 unspecified atom stereocenters. The van der Waals surface area contributed by atoms with E-state index in [1.165, 1.54) is 0 Å². The number of benzene rings is 1. The van der Waals surface area contributed by atoms with Crippen LogP contribution in [0.1, 0.15) is 10.4 Å². The maximum Gasteiger partial charge on any atom is 0.501 e. The zero-order chi connectivity index (χ0) is 18.4. The second-order valence-corrected chi connectivity index (χ2v) is 7.84. The molecule has 0 saturated carbocycles. The van der Waals surface area contributed by atoms with Crippen molar-refractivity contribution in [2.24, 2.45) is 5.73 Å². The van der Waals surface area contributed by atoms with Gasteiger partial charge in [0, 0.05) is 5.56 Å². The van der Waals surface area contributed by atoms with E-state index in [1.54, 1.807) is 0 Å². The third-order valence-corrected chi connectivity index (χ3v) is 5.33. The first-order valence-corrected chi connectivity index (χ1v) is 8.06. The molecule has 1 rings (SSSR count). The predicted octanol–water partition coefficient (Wildman–Crippen LogP) is 1.37. The van der Waals surface area contributed by atoms with Crippen LogP contribution in [0.4, 0.5) is 26.3 Å². The molecule has 0 aliphatic rings. The van der Waals surface area contributed by atoms with E-state index >= 15 is 0 Å². The van der Waals surface area contributed by atoms with Crippen molar-refractivity contribution in [1.29, 1.82) is 0 Å². The van der Waals surface area contributed by atoms with Crippen LogP contribution in [-0.4, -0.2) is 33.8 Å². The molecular formula is C9H5F6NO5S2. The van der Waals surface area contributed by atoms with Crippen molar-refractivity contribution in [3.63, 3.8) is 0 Å². The molecule has 0 aliphatic carbocycles. The molecule has 6 nitrogen and oxygen atoms in total. The molecule has 23 heavy (non-hydrogen) atoms. The van der Waals surface area contributed by atoms with Gasteiger partial charge in [0.25, 0.3) is 19.7 Å². The Morgan fingerprint density at radius 2 is 1.09 bits per heavy atom. The van der Waals surface area contributed by atoms with Crippen LogP contribution in [0, 0.1) is 0 Å². The monoisotopic (exact) mass is 385 g/mol. The summed E-state index contributed by atoms with van der Waals surface area (Å²) < 4.78 is 119. The van der Waals surface area contributed by atoms with E-state index in [0.29, 0.717) is 0 Å². The Morgan fingerprint density at radius 1 is 0.783 bits per heavy atom. The Kier molecular flexibility index (Phi) is 4.48. The molecule has 0 saturated heterocycles. The number of sulfone groups is 2. The molecule has 0 aromatic heterocycles. The van der Waals surface area contributed by atoms with Gasteiger partial charge in [-0.15, -0.1) is 0 Å². The molecule has 0 fully saturated rings. The smallest absolute Gasteiger partial charge is 0.366 e. The normalized spacial score (nSPS) is 13.8. The first-order valence-electron chi connectivity index (χ1n) is 5.09. The van der Waals surface area contributed by atoms with Crippen molar-refractivity contribution in [3.05, 3.63) is 23.8 Å². The Balaban J connectivity index is 3.84.